The second kappa shape index (κ2) is 10.1. The number of methoxy groups -OCH3 is 1. The third kappa shape index (κ3) is 5.26. The lowest BCUT2D eigenvalue weighted by atomic mass is 10.1. The first kappa shape index (κ1) is 22.2. The van der Waals surface area contributed by atoms with E-state index >= 15 is 0 Å². The molecule has 4 rings (SSSR count). The van der Waals surface area contributed by atoms with Gasteiger partial charge in [0.15, 0.2) is 0 Å². The Morgan fingerprint density at radius 2 is 1.58 bits per heavy atom. The van der Waals surface area contributed by atoms with Gasteiger partial charge in [0.25, 0.3) is 0 Å². The van der Waals surface area contributed by atoms with Gasteiger partial charge in [0.05, 0.1) is 12.8 Å². The summed E-state index contributed by atoms with van der Waals surface area (Å²) in [6.07, 6.45) is -0.625. The molecule has 0 N–H and O–H groups in total. The summed E-state index contributed by atoms with van der Waals surface area (Å²) in [4.78, 5) is 19.2. The minimum atomic E-state index is -0.625. The average Bonchev–Trinajstić information content (AvgIpc) is 2.94. The summed E-state index contributed by atoms with van der Waals surface area (Å²) >= 11 is 0. The third-order valence-corrected chi connectivity index (χ3v) is 5.65. The first-order valence-corrected chi connectivity index (χ1v) is 10.8. The van der Waals surface area contributed by atoms with Gasteiger partial charge in [-0.25, -0.2) is 4.79 Å². The lowest BCUT2D eigenvalue weighted by molar-refractivity contribution is 0.149. The number of para-hydroxylation sites is 1. The van der Waals surface area contributed by atoms with Crippen molar-refractivity contribution in [3.05, 3.63) is 95.6 Å². The second-order valence-electron chi connectivity index (χ2n) is 7.83. The van der Waals surface area contributed by atoms with Crippen molar-refractivity contribution in [1.82, 2.24) is 9.91 Å². The molecule has 1 aliphatic heterocycles. The lowest BCUT2D eigenvalue weighted by Gasteiger charge is -2.34. The number of carbonyl (C=O) groups excluding carboxylic acids is 1. The molecule has 1 heterocycles. The highest BCUT2D eigenvalue weighted by Crippen LogP contribution is 2.27. The topological polar surface area (TPSA) is 57.6 Å². The molecule has 0 aliphatic carbocycles. The van der Waals surface area contributed by atoms with E-state index in [1.165, 1.54) is 0 Å². The van der Waals surface area contributed by atoms with Gasteiger partial charge in [0.1, 0.15) is 12.4 Å². The monoisotopic (exact) mass is 444 g/mol. The van der Waals surface area contributed by atoms with Gasteiger partial charge in [-0.15, -0.1) is 4.99 Å². The molecule has 33 heavy (non-hydrogen) atoms. The summed E-state index contributed by atoms with van der Waals surface area (Å²) in [7, 11) is 5.50. The number of benzene rings is 3. The number of hydrogen-bond acceptors (Lipinski definition) is 4. The van der Waals surface area contributed by atoms with Crippen LogP contribution in [-0.4, -0.2) is 43.2 Å². The first-order valence-electron chi connectivity index (χ1n) is 10.8. The van der Waals surface area contributed by atoms with Crippen molar-refractivity contribution in [2.45, 2.75) is 19.7 Å². The van der Waals surface area contributed by atoms with E-state index in [-0.39, 0.29) is 6.61 Å². The largest absolute Gasteiger partial charge is 0.497 e. The predicted octanol–water partition coefficient (Wildman–Crippen LogP) is 4.69. The molecule has 0 fully saturated rings. The van der Waals surface area contributed by atoms with Crippen molar-refractivity contribution in [2.24, 2.45) is 4.99 Å². The fraction of sp³-hybridized carbons (Fsp3) is 0.231. The van der Waals surface area contributed by atoms with Crippen molar-refractivity contribution in [3.63, 3.8) is 0 Å². The molecule has 3 aromatic rings. The standard InChI is InChI=1S/C26H28N4O3/c1-28-24-12-8-7-11-22(24)18-30(17-20-13-15-23(32-3)16-14-20)25(29(28)2)27-26(31)33-19-21-9-5-4-6-10-21/h4-16H,17-19H2,1-3H3/b27-25+. The number of hydrazine groups is 1. The molecule has 0 atom stereocenters. The van der Waals surface area contributed by atoms with E-state index in [1.807, 2.05) is 90.8 Å². The number of nitrogens with zero attached hydrogens (tertiary/aromatic N) is 4. The maximum atomic E-state index is 12.7. The Morgan fingerprint density at radius 1 is 0.879 bits per heavy atom. The summed E-state index contributed by atoms with van der Waals surface area (Å²) in [6.45, 7) is 1.34. The van der Waals surface area contributed by atoms with Crippen LogP contribution in [0.5, 0.6) is 5.75 Å². The highest BCUT2D eigenvalue weighted by atomic mass is 16.5. The van der Waals surface area contributed by atoms with Crippen LogP contribution in [0.3, 0.4) is 0 Å². The molecule has 7 heteroatoms. The molecule has 3 aromatic carbocycles. The predicted molar refractivity (Wildman–Crippen MR) is 129 cm³/mol. The Morgan fingerprint density at radius 3 is 2.30 bits per heavy atom. The number of anilines is 1. The van der Waals surface area contributed by atoms with Gasteiger partial charge < -0.3 is 14.4 Å². The Hall–Kier alpha value is -4.00. The fourth-order valence-corrected chi connectivity index (χ4v) is 3.79. The summed E-state index contributed by atoms with van der Waals surface area (Å²) in [6, 6.07) is 25.7. The van der Waals surface area contributed by atoms with Gasteiger partial charge in [-0.3, -0.25) is 10.0 Å². The number of ether oxygens (including phenoxy) is 2. The van der Waals surface area contributed by atoms with Crippen LogP contribution in [0.25, 0.3) is 0 Å². The van der Waals surface area contributed by atoms with Crippen LogP contribution in [-0.2, 0) is 24.4 Å². The van der Waals surface area contributed by atoms with Gasteiger partial charge in [0, 0.05) is 27.2 Å². The van der Waals surface area contributed by atoms with Crippen LogP contribution in [0.2, 0.25) is 0 Å². The van der Waals surface area contributed by atoms with Crippen LogP contribution in [0.15, 0.2) is 83.9 Å². The molecule has 0 saturated carbocycles. The number of fused-ring (bicyclic) bond motifs is 1. The van der Waals surface area contributed by atoms with Crippen LogP contribution >= 0.6 is 0 Å². The zero-order valence-electron chi connectivity index (χ0n) is 19.1. The molecule has 0 aromatic heterocycles. The Labute approximate surface area is 194 Å². The Kier molecular flexibility index (Phi) is 6.78. The van der Waals surface area contributed by atoms with E-state index in [4.69, 9.17) is 9.47 Å². The van der Waals surface area contributed by atoms with Gasteiger partial charge >= 0.3 is 6.09 Å². The van der Waals surface area contributed by atoms with Crippen molar-refractivity contribution in [2.75, 3.05) is 26.2 Å². The van der Waals surface area contributed by atoms with Crippen molar-refractivity contribution >= 4 is 17.7 Å². The first-order chi connectivity index (χ1) is 16.0. The maximum absolute atomic E-state index is 12.7. The summed E-state index contributed by atoms with van der Waals surface area (Å²) in [5.74, 6) is 1.32. The smallest absolute Gasteiger partial charge is 0.437 e. The minimum absolute atomic E-state index is 0.175. The maximum Gasteiger partial charge on any atom is 0.437 e. The van der Waals surface area contributed by atoms with E-state index in [9.17, 15) is 4.79 Å². The fourth-order valence-electron chi connectivity index (χ4n) is 3.79. The van der Waals surface area contributed by atoms with Crippen LogP contribution < -0.4 is 9.75 Å². The summed E-state index contributed by atoms with van der Waals surface area (Å²) in [5, 5.41) is 3.87. The Bertz CT molecular complexity index is 1120. The summed E-state index contributed by atoms with van der Waals surface area (Å²) < 4.78 is 10.7. The van der Waals surface area contributed by atoms with Crippen molar-refractivity contribution < 1.29 is 14.3 Å². The second-order valence-corrected chi connectivity index (χ2v) is 7.83. The van der Waals surface area contributed by atoms with E-state index in [0.717, 1.165) is 28.1 Å². The molecule has 0 radical (unpaired) electrons. The zero-order chi connectivity index (χ0) is 23.2. The van der Waals surface area contributed by atoms with Crippen LogP contribution in [0, 0.1) is 0 Å². The third-order valence-electron chi connectivity index (χ3n) is 5.65. The number of carbonyl (C=O) groups is 1. The van der Waals surface area contributed by atoms with Crippen LogP contribution in [0.4, 0.5) is 10.5 Å². The van der Waals surface area contributed by atoms with Gasteiger partial charge in [0.2, 0.25) is 5.96 Å². The van der Waals surface area contributed by atoms with Crippen molar-refractivity contribution in [3.8, 4) is 5.75 Å². The summed E-state index contributed by atoms with van der Waals surface area (Å²) in [5.41, 5.74) is 4.20. The quantitative estimate of drug-likeness (QED) is 0.569. The molecule has 1 amide bonds. The van der Waals surface area contributed by atoms with Crippen LogP contribution in [0.1, 0.15) is 16.7 Å². The lowest BCUT2D eigenvalue weighted by Crippen LogP contribution is -2.47. The molecule has 0 unspecified atom stereocenters. The van der Waals surface area contributed by atoms with E-state index in [0.29, 0.717) is 19.0 Å². The normalized spacial score (nSPS) is 14.6. The number of aliphatic imine (C=N–C) groups is 1. The number of rotatable bonds is 5. The molecule has 1 aliphatic rings. The minimum Gasteiger partial charge on any atom is -0.497 e. The average molecular weight is 445 g/mol. The molecule has 0 spiro atoms. The molecule has 7 nitrogen and oxygen atoms in total. The highest BCUT2D eigenvalue weighted by Gasteiger charge is 2.27. The molecular weight excluding hydrogens is 416 g/mol. The molecular formula is C26H28N4O3. The van der Waals surface area contributed by atoms with E-state index in [1.54, 1.807) is 7.11 Å². The molecule has 0 bridgehead atoms. The van der Waals surface area contributed by atoms with Gasteiger partial charge in [-0.05, 0) is 34.9 Å². The zero-order valence-corrected chi connectivity index (χ0v) is 19.1. The van der Waals surface area contributed by atoms with Crippen molar-refractivity contribution in [1.29, 1.82) is 0 Å². The van der Waals surface area contributed by atoms with Gasteiger partial charge in [-0.1, -0.05) is 60.7 Å². The number of amides is 1. The number of hydrogen-bond donors (Lipinski definition) is 0. The SMILES string of the molecule is COc1ccc(CN2Cc3ccccc3N(C)N(C)/C2=N\C(=O)OCc2ccccc2)cc1. The van der Waals surface area contributed by atoms with E-state index < -0.39 is 6.09 Å². The highest BCUT2D eigenvalue weighted by molar-refractivity contribution is 5.91. The van der Waals surface area contributed by atoms with Gasteiger partial charge in [-0.2, -0.15) is 0 Å². The molecule has 170 valence electrons. The Balaban J connectivity index is 1.62. The molecule has 0 saturated heterocycles. The van der Waals surface area contributed by atoms with E-state index in [2.05, 4.69) is 22.0 Å². The number of guanidine groups is 1.